The summed E-state index contributed by atoms with van der Waals surface area (Å²) in [6.45, 7) is 11.6. The number of phosphoric ester groups is 2. The van der Waals surface area contributed by atoms with Gasteiger partial charge >= 0.3 is 39.5 Å². The van der Waals surface area contributed by atoms with Crippen LogP contribution in [0.5, 0.6) is 0 Å². The van der Waals surface area contributed by atoms with Crippen molar-refractivity contribution in [2.75, 3.05) is 39.6 Å². The van der Waals surface area contributed by atoms with Gasteiger partial charge in [-0.3, -0.25) is 37.3 Å². The molecular formula is C69H130O17P2. The number of unbranched alkanes of at least 4 members (excludes halogenated alkanes) is 29. The molecule has 0 aliphatic rings. The van der Waals surface area contributed by atoms with Crippen LogP contribution < -0.4 is 0 Å². The van der Waals surface area contributed by atoms with Crippen molar-refractivity contribution in [1.29, 1.82) is 0 Å². The van der Waals surface area contributed by atoms with Gasteiger partial charge in [0.25, 0.3) is 0 Å². The maximum atomic E-state index is 13.0. The Kier molecular flexibility index (Phi) is 57.9. The first-order valence-electron chi connectivity index (χ1n) is 35.2. The molecule has 0 aliphatic heterocycles. The third kappa shape index (κ3) is 61.1. The molecule has 0 aromatic carbocycles. The zero-order chi connectivity index (χ0) is 65.2. The average Bonchev–Trinajstić information content (AvgIpc) is 3.56. The van der Waals surface area contributed by atoms with E-state index in [1.54, 1.807) is 0 Å². The fourth-order valence-electron chi connectivity index (χ4n) is 9.79. The van der Waals surface area contributed by atoms with E-state index in [2.05, 4.69) is 72.8 Å². The van der Waals surface area contributed by atoms with Crippen LogP contribution in [0.4, 0.5) is 0 Å². The zero-order valence-electron chi connectivity index (χ0n) is 56.7. The van der Waals surface area contributed by atoms with E-state index < -0.39 is 97.5 Å². The minimum atomic E-state index is -4.96. The summed E-state index contributed by atoms with van der Waals surface area (Å²) in [5, 5.41) is 10.6. The normalized spacial score (nSPS) is 14.7. The first-order chi connectivity index (χ1) is 42.3. The summed E-state index contributed by atoms with van der Waals surface area (Å²) in [7, 11) is -9.91. The Balaban J connectivity index is 5.26. The molecular weight excluding hydrogens is 1160 g/mol. The highest BCUT2D eigenvalue weighted by Gasteiger charge is 2.30. The van der Waals surface area contributed by atoms with Crippen molar-refractivity contribution in [2.24, 2.45) is 17.8 Å². The van der Waals surface area contributed by atoms with Gasteiger partial charge in [0, 0.05) is 25.7 Å². The number of carbonyl (C=O) groups is 4. The van der Waals surface area contributed by atoms with Gasteiger partial charge in [-0.1, -0.05) is 265 Å². The van der Waals surface area contributed by atoms with E-state index in [0.717, 1.165) is 121 Å². The number of ether oxygens (including phenoxy) is 4. The number of aliphatic hydroxyl groups excluding tert-OH is 1. The van der Waals surface area contributed by atoms with Crippen molar-refractivity contribution in [3.05, 3.63) is 24.3 Å². The summed E-state index contributed by atoms with van der Waals surface area (Å²) in [6, 6.07) is 0. The Morgan fingerprint density at radius 2 is 0.670 bits per heavy atom. The van der Waals surface area contributed by atoms with Crippen LogP contribution in [-0.2, 0) is 65.4 Å². The number of carbonyl (C=O) groups excluding carboxylic acids is 4. The molecule has 0 saturated carbocycles. The Morgan fingerprint density at radius 1 is 0.375 bits per heavy atom. The molecule has 6 atom stereocenters. The van der Waals surface area contributed by atoms with Crippen LogP contribution in [0.15, 0.2) is 24.3 Å². The molecule has 0 radical (unpaired) electrons. The smallest absolute Gasteiger partial charge is 0.462 e. The fraction of sp³-hybridized carbons (Fsp3) is 0.884. The molecule has 0 aliphatic carbocycles. The average molecular weight is 1290 g/mol. The maximum Gasteiger partial charge on any atom is 0.472 e. The molecule has 88 heavy (non-hydrogen) atoms. The summed E-state index contributed by atoms with van der Waals surface area (Å²) >= 11 is 0. The monoisotopic (exact) mass is 1290 g/mol. The molecule has 0 spiro atoms. The Labute approximate surface area is 535 Å². The second kappa shape index (κ2) is 59.5. The number of phosphoric acid groups is 2. The first-order valence-corrected chi connectivity index (χ1v) is 38.2. The van der Waals surface area contributed by atoms with Crippen molar-refractivity contribution in [2.45, 2.75) is 336 Å². The van der Waals surface area contributed by atoms with Gasteiger partial charge in [-0.15, -0.1) is 0 Å². The van der Waals surface area contributed by atoms with Crippen molar-refractivity contribution in [1.82, 2.24) is 0 Å². The molecule has 3 N–H and O–H groups in total. The molecule has 0 heterocycles. The predicted octanol–water partition coefficient (Wildman–Crippen LogP) is 19.0. The van der Waals surface area contributed by atoms with Crippen LogP contribution in [0, 0.1) is 17.8 Å². The van der Waals surface area contributed by atoms with Crippen LogP contribution in [-0.4, -0.2) is 96.7 Å². The van der Waals surface area contributed by atoms with Gasteiger partial charge in [0.2, 0.25) is 0 Å². The quantitative estimate of drug-likeness (QED) is 0.0169. The number of hydrogen-bond donors (Lipinski definition) is 3. The maximum absolute atomic E-state index is 13.0. The lowest BCUT2D eigenvalue weighted by atomic mass is 10.00. The first kappa shape index (κ1) is 85.5. The van der Waals surface area contributed by atoms with Crippen molar-refractivity contribution < 1.29 is 80.2 Å². The molecule has 0 aromatic heterocycles. The van der Waals surface area contributed by atoms with Crippen molar-refractivity contribution in [3.8, 4) is 0 Å². The van der Waals surface area contributed by atoms with E-state index in [4.69, 9.17) is 37.0 Å². The molecule has 0 aromatic rings. The third-order valence-electron chi connectivity index (χ3n) is 15.6. The molecule has 518 valence electrons. The number of esters is 4. The van der Waals surface area contributed by atoms with Gasteiger partial charge < -0.3 is 33.8 Å². The highest BCUT2D eigenvalue weighted by Crippen LogP contribution is 2.45. The number of aliphatic hydroxyl groups is 1. The molecule has 3 unspecified atom stereocenters. The standard InChI is InChI=1S/C69H130O17P2/c1-8-10-11-12-13-14-15-16-17-18-21-25-28-38-45-52-68(73)85-64(57-80-67(72)51-44-37-31-29-34-41-48-61(5)6)58-83-87(75,76)81-54-63(70)55-82-88(77,78)84-59-65(86-69(74)53-46-39-32-30-35-42-49-62(7)9-2)56-79-66(71)50-43-36-27-24-22-19-20-23-26-33-40-47-60(3)4/h14-17,60-65,70H,8-13,18-59H2,1-7H3,(H,75,76)(H,77,78)/b15-14-,17-16-/t62?,63-,64+,65+/m0/s1. The van der Waals surface area contributed by atoms with E-state index in [0.29, 0.717) is 31.6 Å². The zero-order valence-corrected chi connectivity index (χ0v) is 58.5. The van der Waals surface area contributed by atoms with Crippen LogP contribution in [0.25, 0.3) is 0 Å². The van der Waals surface area contributed by atoms with Gasteiger partial charge in [-0.2, -0.15) is 0 Å². The lowest BCUT2D eigenvalue weighted by Crippen LogP contribution is -2.30. The highest BCUT2D eigenvalue weighted by atomic mass is 31.2. The fourth-order valence-corrected chi connectivity index (χ4v) is 11.4. The summed E-state index contributed by atoms with van der Waals surface area (Å²) in [5.41, 5.74) is 0. The van der Waals surface area contributed by atoms with Crippen LogP contribution in [0.2, 0.25) is 0 Å². The summed E-state index contributed by atoms with van der Waals surface area (Å²) in [5.74, 6) is 0.000286. The largest absolute Gasteiger partial charge is 0.472 e. The SMILES string of the molecule is CCCCCC/C=C\C=C/CCCCCCCC(=O)O[C@H](COC(=O)CCCCCCCCC(C)C)COP(=O)(O)OC[C@H](O)COP(=O)(O)OC[C@@H](COC(=O)CCCCCCCCCCCCCC(C)C)OC(=O)CCCCCCCCC(C)CC. The lowest BCUT2D eigenvalue weighted by Gasteiger charge is -2.21. The topological polar surface area (TPSA) is 237 Å². The second-order valence-corrected chi connectivity index (χ2v) is 28.3. The Morgan fingerprint density at radius 3 is 1.01 bits per heavy atom. The summed E-state index contributed by atoms with van der Waals surface area (Å²) < 4.78 is 68.1. The second-order valence-electron chi connectivity index (χ2n) is 25.4. The minimum Gasteiger partial charge on any atom is -0.462 e. The van der Waals surface area contributed by atoms with Gasteiger partial charge in [0.15, 0.2) is 12.2 Å². The molecule has 0 saturated heterocycles. The van der Waals surface area contributed by atoms with E-state index in [-0.39, 0.29) is 25.7 Å². The molecule has 19 heteroatoms. The van der Waals surface area contributed by atoms with Crippen LogP contribution in [0.3, 0.4) is 0 Å². The van der Waals surface area contributed by atoms with Crippen molar-refractivity contribution >= 4 is 39.5 Å². The molecule has 17 nitrogen and oxygen atoms in total. The predicted molar refractivity (Wildman–Crippen MR) is 354 cm³/mol. The number of hydrogen-bond acceptors (Lipinski definition) is 15. The van der Waals surface area contributed by atoms with Crippen LogP contribution in [0.1, 0.15) is 318 Å². The van der Waals surface area contributed by atoms with E-state index in [1.165, 1.54) is 109 Å². The number of allylic oxidation sites excluding steroid dienone is 4. The van der Waals surface area contributed by atoms with Gasteiger partial charge in [-0.25, -0.2) is 9.13 Å². The lowest BCUT2D eigenvalue weighted by molar-refractivity contribution is -0.161. The van der Waals surface area contributed by atoms with E-state index in [1.807, 2.05) is 0 Å². The minimum absolute atomic E-state index is 0.0833. The third-order valence-corrected chi connectivity index (χ3v) is 17.5. The molecule has 0 bridgehead atoms. The van der Waals surface area contributed by atoms with E-state index >= 15 is 0 Å². The molecule has 0 amide bonds. The van der Waals surface area contributed by atoms with E-state index in [9.17, 15) is 43.2 Å². The summed E-state index contributed by atoms with van der Waals surface area (Å²) in [6.07, 6.45) is 45.5. The highest BCUT2D eigenvalue weighted by molar-refractivity contribution is 7.47. The molecule has 0 fully saturated rings. The Hall–Kier alpha value is -2.46. The van der Waals surface area contributed by atoms with Gasteiger partial charge in [0.05, 0.1) is 26.4 Å². The number of rotatable bonds is 65. The summed E-state index contributed by atoms with van der Waals surface area (Å²) in [4.78, 5) is 72.4. The van der Waals surface area contributed by atoms with Crippen molar-refractivity contribution in [3.63, 3.8) is 0 Å². The Bertz CT molecular complexity index is 1830. The van der Waals surface area contributed by atoms with Crippen LogP contribution >= 0.6 is 15.6 Å². The van der Waals surface area contributed by atoms with Gasteiger partial charge in [-0.05, 0) is 69.1 Å². The molecule has 0 rings (SSSR count). The van der Waals surface area contributed by atoms with Gasteiger partial charge in [0.1, 0.15) is 19.3 Å².